The van der Waals surface area contributed by atoms with E-state index in [0.717, 1.165) is 11.8 Å². The average Bonchev–Trinajstić information content (AvgIpc) is 2.38. The molecule has 17 heavy (non-hydrogen) atoms. The van der Waals surface area contributed by atoms with E-state index in [1.165, 1.54) is 22.2 Å². The molecule has 0 aliphatic carbocycles. The third-order valence-corrected chi connectivity index (χ3v) is 6.31. The molecule has 1 N–H and O–H groups in total. The van der Waals surface area contributed by atoms with E-state index in [4.69, 9.17) is 0 Å². The molecule has 0 bridgehead atoms. The summed E-state index contributed by atoms with van der Waals surface area (Å²) in [6, 6.07) is 10.9. The monoisotopic (exact) mass is 356 g/mol. The molecule has 1 aromatic carbocycles. The van der Waals surface area contributed by atoms with Gasteiger partial charge in [0.1, 0.15) is 0 Å². The molecule has 1 nitrogen and oxygen atoms in total. The van der Waals surface area contributed by atoms with Gasteiger partial charge in [-0.15, -0.1) is 0 Å². The van der Waals surface area contributed by atoms with Crippen molar-refractivity contribution in [3.8, 4) is 0 Å². The second-order valence-corrected chi connectivity index (χ2v) is 6.92. The van der Waals surface area contributed by atoms with Crippen LogP contribution >= 0.6 is 11.8 Å². The first kappa shape index (κ1) is 15.4. The summed E-state index contributed by atoms with van der Waals surface area (Å²) in [4.78, 5) is 0. The maximum absolute atomic E-state index is 3.34. The summed E-state index contributed by atoms with van der Waals surface area (Å²) in [6.45, 7) is 3.35. The van der Waals surface area contributed by atoms with Crippen molar-refractivity contribution in [2.45, 2.75) is 28.9 Å². The van der Waals surface area contributed by atoms with Gasteiger partial charge >= 0.3 is 124 Å². The minimum absolute atomic E-state index is 0.658. The molecule has 2 unspecified atom stereocenters. The second kappa shape index (κ2) is 9.28. The molecule has 90 valence electrons. The first-order valence-corrected chi connectivity index (χ1v) is 9.34. The topological polar surface area (TPSA) is 12.0 Å². The molecule has 0 fully saturated rings. The van der Waals surface area contributed by atoms with E-state index < -0.39 is 0 Å². The molecule has 0 heterocycles. The molecule has 0 aliphatic heterocycles. The van der Waals surface area contributed by atoms with Crippen molar-refractivity contribution < 1.29 is 0 Å². The van der Waals surface area contributed by atoms with Gasteiger partial charge in [0.15, 0.2) is 0 Å². The SMILES string of the molecule is CCSC([CH2][Sn+3])CC(CNC)c1ccccc1. The fraction of sp³-hybridized carbons (Fsp3) is 0.571. The summed E-state index contributed by atoms with van der Waals surface area (Å²) in [5.74, 6) is 1.89. The van der Waals surface area contributed by atoms with E-state index >= 15 is 0 Å². The van der Waals surface area contributed by atoms with Crippen LogP contribution in [0.5, 0.6) is 0 Å². The van der Waals surface area contributed by atoms with Crippen LogP contribution in [0.1, 0.15) is 24.8 Å². The number of hydrogen-bond donors (Lipinski definition) is 1. The molecule has 0 aromatic heterocycles. The van der Waals surface area contributed by atoms with Crippen LogP contribution in [-0.4, -0.2) is 47.1 Å². The number of thioether (sulfide) groups is 1. The molecule has 3 heteroatoms. The van der Waals surface area contributed by atoms with Crippen LogP contribution in [-0.2, 0) is 0 Å². The first-order chi connectivity index (χ1) is 8.31. The molecule has 0 spiro atoms. The Bertz CT molecular complexity index is 292. The fourth-order valence-electron chi connectivity index (χ4n) is 2.07. The molecule has 1 rings (SSSR count). The van der Waals surface area contributed by atoms with Crippen LogP contribution in [0.3, 0.4) is 0 Å². The van der Waals surface area contributed by atoms with Gasteiger partial charge in [-0.1, -0.05) is 0 Å². The summed E-state index contributed by atoms with van der Waals surface area (Å²) in [6.07, 6.45) is 1.30. The Labute approximate surface area is 123 Å². The standard InChI is InChI=1S/C14H22NS.Sn/c1-4-16-12(2)10-14(11-15-3)13-8-6-5-7-9-13;/h5-9,12,14-15H,2,4,10-11H2,1,3H3;/q;+3. The zero-order valence-electron chi connectivity index (χ0n) is 10.8. The van der Waals surface area contributed by atoms with Crippen LogP contribution < -0.4 is 5.32 Å². The number of hydrogen-bond acceptors (Lipinski definition) is 2. The van der Waals surface area contributed by atoms with E-state index in [-0.39, 0.29) is 0 Å². The third-order valence-electron chi connectivity index (χ3n) is 2.90. The van der Waals surface area contributed by atoms with Crippen molar-refractivity contribution in [3.63, 3.8) is 0 Å². The molecular weight excluding hydrogens is 333 g/mol. The Hall–Kier alpha value is 0.329. The van der Waals surface area contributed by atoms with Gasteiger partial charge in [-0.3, -0.25) is 0 Å². The van der Waals surface area contributed by atoms with Gasteiger partial charge in [-0.05, 0) is 0 Å². The van der Waals surface area contributed by atoms with Crippen molar-refractivity contribution in [1.82, 2.24) is 5.32 Å². The van der Waals surface area contributed by atoms with Crippen LogP contribution in [0.15, 0.2) is 30.3 Å². The first-order valence-electron chi connectivity index (χ1n) is 6.27. The second-order valence-electron chi connectivity index (χ2n) is 4.18. The predicted octanol–water partition coefficient (Wildman–Crippen LogP) is 3.09. The van der Waals surface area contributed by atoms with Gasteiger partial charge < -0.3 is 0 Å². The third kappa shape index (κ3) is 5.66. The summed E-state index contributed by atoms with van der Waals surface area (Å²) in [5.41, 5.74) is 1.48. The number of likely N-dealkylation sites (N-methyl/N-ethyl adjacent to an activating group) is 1. The van der Waals surface area contributed by atoms with Crippen LogP contribution in [0.4, 0.5) is 0 Å². The van der Waals surface area contributed by atoms with Gasteiger partial charge in [0, 0.05) is 0 Å². The summed E-state index contributed by atoms with van der Waals surface area (Å²) in [5, 5.41) is 4.17. The predicted molar refractivity (Wildman–Crippen MR) is 80.2 cm³/mol. The number of rotatable bonds is 8. The van der Waals surface area contributed by atoms with Crippen LogP contribution in [0.2, 0.25) is 4.44 Å². The normalized spacial score (nSPS) is 14.6. The van der Waals surface area contributed by atoms with E-state index in [9.17, 15) is 0 Å². The molecular formula is C14H22NSSn+3. The Morgan fingerprint density at radius 2 is 2.00 bits per heavy atom. The van der Waals surface area contributed by atoms with Crippen molar-refractivity contribution >= 4 is 34.3 Å². The van der Waals surface area contributed by atoms with Gasteiger partial charge in [0.05, 0.1) is 0 Å². The summed E-state index contributed by atoms with van der Waals surface area (Å²) >= 11 is 3.78. The zero-order valence-corrected chi connectivity index (χ0v) is 14.4. The molecule has 0 aliphatic rings. The Kier molecular flexibility index (Phi) is 8.40. The maximum atomic E-state index is 3.34. The molecule has 1 aromatic rings. The van der Waals surface area contributed by atoms with Crippen molar-refractivity contribution in [3.05, 3.63) is 35.9 Å². The van der Waals surface area contributed by atoms with Crippen molar-refractivity contribution in [2.75, 3.05) is 19.3 Å². The van der Waals surface area contributed by atoms with Crippen molar-refractivity contribution in [1.29, 1.82) is 0 Å². The van der Waals surface area contributed by atoms with Crippen molar-refractivity contribution in [2.24, 2.45) is 0 Å². The zero-order chi connectivity index (χ0) is 12.5. The van der Waals surface area contributed by atoms with Gasteiger partial charge in [-0.2, -0.15) is 0 Å². The Morgan fingerprint density at radius 3 is 2.53 bits per heavy atom. The molecule has 2 atom stereocenters. The number of nitrogens with one attached hydrogen (secondary N) is 1. The number of benzene rings is 1. The molecule has 0 saturated heterocycles. The molecule has 0 amide bonds. The van der Waals surface area contributed by atoms with Gasteiger partial charge in [0.25, 0.3) is 0 Å². The quantitative estimate of drug-likeness (QED) is 0.720. The van der Waals surface area contributed by atoms with E-state index in [2.05, 4.69) is 61.4 Å². The molecule has 0 saturated carbocycles. The molecule has 0 radical (unpaired) electrons. The van der Waals surface area contributed by atoms with E-state index in [0.29, 0.717) is 5.92 Å². The minimum atomic E-state index is 0.658. The Balaban J connectivity index is 2.65. The summed E-state index contributed by atoms with van der Waals surface area (Å²) in [7, 11) is 2.05. The van der Waals surface area contributed by atoms with Crippen LogP contribution in [0.25, 0.3) is 0 Å². The van der Waals surface area contributed by atoms with Gasteiger partial charge in [-0.25, -0.2) is 0 Å². The van der Waals surface area contributed by atoms with Crippen LogP contribution in [0, 0.1) is 0 Å². The van der Waals surface area contributed by atoms with Gasteiger partial charge in [0.2, 0.25) is 0 Å². The Morgan fingerprint density at radius 1 is 1.29 bits per heavy atom. The van der Waals surface area contributed by atoms with E-state index in [1.807, 2.05) is 0 Å². The fourth-order valence-corrected chi connectivity index (χ4v) is 4.51. The van der Waals surface area contributed by atoms with E-state index in [1.54, 1.807) is 22.5 Å². The average molecular weight is 355 g/mol. The summed E-state index contributed by atoms with van der Waals surface area (Å²) < 4.78 is 1.36.